The van der Waals surface area contributed by atoms with Crippen LogP contribution in [0.1, 0.15) is 60.5 Å². The fraction of sp³-hybridized carbons (Fsp3) is 0.478. The Morgan fingerprint density at radius 3 is 2.72 bits per heavy atom. The van der Waals surface area contributed by atoms with Crippen molar-refractivity contribution in [2.75, 3.05) is 20.2 Å². The lowest BCUT2D eigenvalue weighted by molar-refractivity contribution is -0.132. The molecule has 1 aromatic carbocycles. The average Bonchev–Trinajstić information content (AvgIpc) is 3.28. The van der Waals surface area contributed by atoms with E-state index >= 15 is 0 Å². The van der Waals surface area contributed by atoms with Gasteiger partial charge in [0.05, 0.1) is 7.11 Å². The van der Waals surface area contributed by atoms with Crippen LogP contribution in [0.4, 0.5) is 8.78 Å². The number of carbonyl (C=O) groups is 1. The molecule has 0 atom stereocenters. The molecule has 4 rings (SSSR count). The molecule has 0 radical (unpaired) electrons. The van der Waals surface area contributed by atoms with Crippen LogP contribution in [-0.4, -0.2) is 50.6 Å². The van der Waals surface area contributed by atoms with E-state index in [1.54, 1.807) is 7.11 Å². The molecule has 1 aliphatic rings. The van der Waals surface area contributed by atoms with E-state index < -0.39 is 6.43 Å². The fourth-order valence-corrected chi connectivity index (χ4v) is 4.31. The molecule has 0 saturated carbocycles. The predicted molar refractivity (Wildman–Crippen MR) is 115 cm³/mol. The molecular formula is C23H27F2N5O2. The number of hydrogen-bond donors (Lipinski definition) is 0. The summed E-state index contributed by atoms with van der Waals surface area (Å²) >= 11 is 0. The molecule has 1 saturated heterocycles. The molecule has 7 nitrogen and oxygen atoms in total. The molecule has 0 spiro atoms. The Balaban J connectivity index is 1.31. The van der Waals surface area contributed by atoms with Crippen molar-refractivity contribution in [3.63, 3.8) is 0 Å². The third-order valence-corrected chi connectivity index (χ3v) is 6.18. The van der Waals surface area contributed by atoms with Gasteiger partial charge < -0.3 is 9.64 Å². The van der Waals surface area contributed by atoms with Crippen LogP contribution < -0.4 is 4.74 Å². The highest BCUT2D eigenvalue weighted by Gasteiger charge is 2.26. The quantitative estimate of drug-likeness (QED) is 0.550. The van der Waals surface area contributed by atoms with Crippen LogP contribution in [0.5, 0.6) is 5.75 Å². The van der Waals surface area contributed by atoms with Crippen LogP contribution >= 0.6 is 0 Å². The second kappa shape index (κ2) is 9.58. The largest absolute Gasteiger partial charge is 0.497 e. The van der Waals surface area contributed by atoms with Gasteiger partial charge in [-0.25, -0.2) is 13.8 Å². The van der Waals surface area contributed by atoms with Crippen molar-refractivity contribution >= 4 is 11.7 Å². The van der Waals surface area contributed by atoms with Crippen LogP contribution in [-0.2, 0) is 11.2 Å². The summed E-state index contributed by atoms with van der Waals surface area (Å²) in [6.45, 7) is 3.26. The minimum absolute atomic E-state index is 0.0280. The van der Waals surface area contributed by atoms with E-state index in [0.717, 1.165) is 28.7 Å². The monoisotopic (exact) mass is 443 g/mol. The smallest absolute Gasteiger partial charge is 0.280 e. The molecule has 1 amide bonds. The van der Waals surface area contributed by atoms with Gasteiger partial charge in [-0.1, -0.05) is 6.07 Å². The third-order valence-electron chi connectivity index (χ3n) is 6.18. The zero-order valence-electron chi connectivity index (χ0n) is 18.3. The first-order valence-electron chi connectivity index (χ1n) is 10.9. The standard InChI is InChI=1S/C23H27F2N5O2/c1-15-12-18(32-2)7-6-16(15)4-3-5-21(31)29-10-8-17(9-11-29)19-13-20(22(24)25)30-23(28-19)26-14-27-30/h6-7,12-14,17,22H,3-5,8-11H2,1-2H3. The van der Waals surface area contributed by atoms with Crippen molar-refractivity contribution in [1.29, 1.82) is 0 Å². The molecule has 3 aromatic rings. The molecule has 0 aliphatic carbocycles. The number of carbonyl (C=O) groups excluding carboxylic acids is 1. The highest BCUT2D eigenvalue weighted by atomic mass is 19.3. The van der Waals surface area contributed by atoms with Crippen LogP contribution in [0, 0.1) is 6.92 Å². The number of aryl methyl sites for hydroxylation is 2. The summed E-state index contributed by atoms with van der Waals surface area (Å²) < 4.78 is 33.2. The summed E-state index contributed by atoms with van der Waals surface area (Å²) in [6, 6.07) is 7.42. The number of fused-ring (bicyclic) bond motifs is 1. The zero-order chi connectivity index (χ0) is 22.7. The lowest BCUT2D eigenvalue weighted by Gasteiger charge is -2.32. The van der Waals surface area contributed by atoms with E-state index in [1.807, 2.05) is 17.0 Å². The number of aromatic nitrogens is 4. The van der Waals surface area contributed by atoms with Gasteiger partial charge in [0, 0.05) is 31.1 Å². The number of hydrogen-bond acceptors (Lipinski definition) is 5. The van der Waals surface area contributed by atoms with Gasteiger partial charge in [-0.3, -0.25) is 4.79 Å². The maximum absolute atomic E-state index is 13.4. The van der Waals surface area contributed by atoms with E-state index in [2.05, 4.69) is 28.1 Å². The molecule has 9 heteroatoms. The van der Waals surface area contributed by atoms with Crippen molar-refractivity contribution in [1.82, 2.24) is 24.5 Å². The van der Waals surface area contributed by atoms with Gasteiger partial charge in [-0.15, -0.1) is 0 Å². The van der Waals surface area contributed by atoms with Gasteiger partial charge in [-0.2, -0.15) is 14.6 Å². The second-order valence-electron chi connectivity index (χ2n) is 8.18. The lowest BCUT2D eigenvalue weighted by Crippen LogP contribution is -2.38. The summed E-state index contributed by atoms with van der Waals surface area (Å²) in [4.78, 5) is 22.9. The molecule has 3 heterocycles. The molecule has 0 unspecified atom stereocenters. The maximum Gasteiger partial charge on any atom is 0.280 e. The molecule has 2 aromatic heterocycles. The Morgan fingerprint density at radius 2 is 2.03 bits per heavy atom. The van der Waals surface area contributed by atoms with E-state index in [4.69, 9.17) is 4.74 Å². The van der Waals surface area contributed by atoms with Crippen molar-refractivity contribution < 1.29 is 18.3 Å². The van der Waals surface area contributed by atoms with E-state index in [1.165, 1.54) is 18.0 Å². The normalized spacial score (nSPS) is 15.0. The lowest BCUT2D eigenvalue weighted by atomic mass is 9.92. The Labute approximate surface area is 185 Å². The molecule has 0 bridgehead atoms. The minimum atomic E-state index is -2.66. The number of piperidine rings is 1. The van der Waals surface area contributed by atoms with Crippen molar-refractivity contribution in [3.05, 3.63) is 53.1 Å². The predicted octanol–water partition coefficient (Wildman–Crippen LogP) is 4.11. The van der Waals surface area contributed by atoms with Gasteiger partial charge in [0.2, 0.25) is 5.91 Å². The first kappa shape index (κ1) is 22.1. The van der Waals surface area contributed by atoms with E-state index in [9.17, 15) is 13.6 Å². The van der Waals surface area contributed by atoms with Crippen LogP contribution in [0.2, 0.25) is 0 Å². The van der Waals surface area contributed by atoms with Crippen molar-refractivity contribution in [2.45, 2.75) is 51.4 Å². The van der Waals surface area contributed by atoms with Crippen molar-refractivity contribution in [3.8, 4) is 5.75 Å². The first-order valence-corrected chi connectivity index (χ1v) is 10.9. The number of halogens is 2. The van der Waals surface area contributed by atoms with Gasteiger partial charge in [0.15, 0.2) is 0 Å². The Kier molecular flexibility index (Phi) is 6.62. The molecule has 32 heavy (non-hydrogen) atoms. The Hall–Kier alpha value is -3.10. The van der Waals surface area contributed by atoms with Crippen LogP contribution in [0.3, 0.4) is 0 Å². The molecule has 0 N–H and O–H groups in total. The zero-order valence-corrected chi connectivity index (χ0v) is 18.3. The summed E-state index contributed by atoms with van der Waals surface area (Å²) in [7, 11) is 1.65. The fourth-order valence-electron chi connectivity index (χ4n) is 4.31. The number of benzene rings is 1. The Bertz CT molecular complexity index is 1090. The van der Waals surface area contributed by atoms with Gasteiger partial charge in [0.25, 0.3) is 12.2 Å². The van der Waals surface area contributed by atoms with Gasteiger partial charge in [-0.05, 0) is 61.9 Å². The minimum Gasteiger partial charge on any atom is -0.497 e. The highest BCUT2D eigenvalue weighted by molar-refractivity contribution is 5.76. The number of methoxy groups -OCH3 is 1. The number of amides is 1. The Morgan fingerprint density at radius 1 is 1.25 bits per heavy atom. The summed E-state index contributed by atoms with van der Waals surface area (Å²) in [5.41, 5.74) is 2.79. The topological polar surface area (TPSA) is 72.6 Å². The van der Waals surface area contributed by atoms with Crippen LogP contribution in [0.15, 0.2) is 30.6 Å². The van der Waals surface area contributed by atoms with Crippen molar-refractivity contribution in [2.24, 2.45) is 0 Å². The summed E-state index contributed by atoms with van der Waals surface area (Å²) in [5, 5.41) is 3.83. The third kappa shape index (κ3) is 4.71. The van der Waals surface area contributed by atoms with Gasteiger partial charge >= 0.3 is 0 Å². The number of ether oxygens (including phenoxy) is 1. The number of alkyl halides is 2. The second-order valence-corrected chi connectivity index (χ2v) is 8.18. The van der Waals surface area contributed by atoms with Gasteiger partial charge in [0.1, 0.15) is 17.8 Å². The average molecular weight is 443 g/mol. The molecular weight excluding hydrogens is 416 g/mol. The first-order chi connectivity index (χ1) is 15.5. The van der Waals surface area contributed by atoms with E-state index in [-0.39, 0.29) is 23.3 Å². The highest BCUT2D eigenvalue weighted by Crippen LogP contribution is 2.30. The summed E-state index contributed by atoms with van der Waals surface area (Å²) in [5.74, 6) is 1.19. The SMILES string of the molecule is COc1ccc(CCCC(=O)N2CCC(c3cc(C(F)F)n4ncnc4n3)CC2)c(C)c1. The molecule has 1 aliphatic heterocycles. The summed E-state index contributed by atoms with van der Waals surface area (Å²) in [6.07, 6.45) is 2.09. The molecule has 1 fully saturated rings. The molecule has 170 valence electrons. The van der Waals surface area contributed by atoms with Crippen LogP contribution in [0.25, 0.3) is 5.78 Å². The van der Waals surface area contributed by atoms with E-state index in [0.29, 0.717) is 38.0 Å². The maximum atomic E-state index is 13.4. The number of nitrogens with zero attached hydrogens (tertiary/aromatic N) is 5. The number of rotatable bonds is 7. The number of likely N-dealkylation sites (tertiary alicyclic amines) is 1.